The van der Waals surface area contributed by atoms with Crippen LogP contribution < -0.4 is 11.5 Å². The number of H-pyrrole nitrogens is 1. The van der Waals surface area contributed by atoms with Gasteiger partial charge in [0.25, 0.3) is 0 Å². The van der Waals surface area contributed by atoms with Crippen molar-refractivity contribution >= 4 is 34.6 Å². The Balaban J connectivity index is 1.66. The molecule has 0 fully saturated rings. The lowest BCUT2D eigenvalue weighted by atomic mass is 9.73. The predicted molar refractivity (Wildman–Crippen MR) is 167 cm³/mol. The summed E-state index contributed by atoms with van der Waals surface area (Å²) < 4.78 is 0. The van der Waals surface area contributed by atoms with Gasteiger partial charge < -0.3 is 32.0 Å². The molecule has 8 nitrogen and oxygen atoms in total. The molecular weight excluding hydrogens is 514 g/mol. The van der Waals surface area contributed by atoms with E-state index in [9.17, 15) is 15.0 Å². The van der Waals surface area contributed by atoms with Crippen molar-refractivity contribution in [2.45, 2.75) is 69.9 Å². The maximum Gasteiger partial charge on any atom is 0.328 e. The molecule has 2 aromatic carbocycles. The quantitative estimate of drug-likeness (QED) is 0.0837. The molecule has 7 N–H and O–H groups in total. The molecule has 4 rings (SSSR count). The number of aliphatic hydroxyl groups excluding tert-OH is 1. The van der Waals surface area contributed by atoms with Gasteiger partial charge in [0, 0.05) is 6.08 Å². The second kappa shape index (κ2) is 14.6. The first-order valence-corrected chi connectivity index (χ1v) is 14.6. The topological polar surface area (TPSA) is 152 Å². The lowest BCUT2D eigenvalue weighted by Crippen LogP contribution is -2.26. The molecule has 0 aliphatic heterocycles. The Morgan fingerprint density at radius 2 is 1.88 bits per heavy atom. The fourth-order valence-electron chi connectivity index (χ4n) is 5.81. The van der Waals surface area contributed by atoms with E-state index in [1.807, 2.05) is 12.1 Å². The van der Waals surface area contributed by atoms with Gasteiger partial charge in [-0.2, -0.15) is 0 Å². The number of aliphatic imine (C=N–C) groups is 1. The molecule has 1 heterocycles. The van der Waals surface area contributed by atoms with E-state index in [4.69, 9.17) is 16.8 Å². The number of rotatable bonds is 15. The second-order valence-corrected chi connectivity index (χ2v) is 10.9. The van der Waals surface area contributed by atoms with Gasteiger partial charge in [0.2, 0.25) is 0 Å². The van der Waals surface area contributed by atoms with Crippen LogP contribution >= 0.6 is 0 Å². The van der Waals surface area contributed by atoms with Crippen LogP contribution in [0.4, 0.5) is 5.82 Å². The molecule has 0 unspecified atom stereocenters. The number of nitrogens with two attached hydrogens (primary N) is 2. The average Bonchev–Trinajstić information content (AvgIpc) is 3.46. The van der Waals surface area contributed by atoms with Crippen LogP contribution in [-0.4, -0.2) is 45.8 Å². The van der Waals surface area contributed by atoms with E-state index >= 15 is 0 Å². The summed E-state index contributed by atoms with van der Waals surface area (Å²) in [7, 11) is 0. The van der Waals surface area contributed by atoms with E-state index in [0.29, 0.717) is 17.8 Å². The number of hydrogen-bond donors (Lipinski definition) is 5. The van der Waals surface area contributed by atoms with Crippen molar-refractivity contribution in [1.29, 1.82) is 0 Å². The number of aliphatic hydroxyl groups is 1. The van der Waals surface area contributed by atoms with Crippen LogP contribution in [0.1, 0.15) is 68.9 Å². The van der Waals surface area contributed by atoms with Gasteiger partial charge in [0.15, 0.2) is 5.96 Å². The maximum absolute atomic E-state index is 11.8. The number of hydrogen-bond acceptors (Lipinski definition) is 3. The fraction of sp³-hybridized carbons (Fsp3) is 0.394. The SMILES string of the molecule is CCCC[C@H](O)CCC[C@@H]1c2cc3ccccc3cc2C=C[C@H]1C[C@@H]([N-]c1ccc[nH]1)/C(=C/C(=O)O)CN=C(N)N. The predicted octanol–water partition coefficient (Wildman–Crippen LogP) is 6.36. The minimum absolute atomic E-state index is 0.0510. The maximum atomic E-state index is 11.8. The third-order valence-corrected chi connectivity index (χ3v) is 7.89. The van der Waals surface area contributed by atoms with Crippen LogP contribution in [0.5, 0.6) is 0 Å². The molecule has 1 aliphatic carbocycles. The Hall–Kier alpha value is -4.04. The highest BCUT2D eigenvalue weighted by Crippen LogP contribution is 2.43. The minimum Gasteiger partial charge on any atom is -0.478 e. The fourth-order valence-corrected chi connectivity index (χ4v) is 5.81. The van der Waals surface area contributed by atoms with E-state index < -0.39 is 12.0 Å². The Morgan fingerprint density at radius 3 is 2.56 bits per heavy atom. The Kier molecular flexibility index (Phi) is 10.6. The lowest BCUT2D eigenvalue weighted by Gasteiger charge is -2.36. The number of unbranched alkanes of at least 4 members (excludes halogenated alkanes) is 1. The Bertz CT molecular complexity index is 1370. The summed E-state index contributed by atoms with van der Waals surface area (Å²) in [4.78, 5) is 19.1. The number of carboxylic acid groups (broad SMARTS) is 1. The van der Waals surface area contributed by atoms with Crippen molar-refractivity contribution in [3.8, 4) is 0 Å². The second-order valence-electron chi connectivity index (χ2n) is 10.9. The molecule has 0 amide bonds. The highest BCUT2D eigenvalue weighted by atomic mass is 16.4. The number of carboxylic acids is 1. The van der Waals surface area contributed by atoms with Crippen LogP contribution in [0, 0.1) is 5.92 Å². The van der Waals surface area contributed by atoms with Crippen molar-refractivity contribution in [1.82, 2.24) is 4.98 Å². The van der Waals surface area contributed by atoms with Gasteiger partial charge >= 0.3 is 5.97 Å². The zero-order valence-corrected chi connectivity index (χ0v) is 23.7. The molecule has 1 aromatic heterocycles. The standard InChI is InChI=1S/C33H42N5O3/c1-2-3-10-27(39)11-6-12-28-25(15-14-24-17-22-8-4-5-9-23(22)18-29(24)28)19-30(38-31-13-7-16-36-31)26(20-32(40)41)21-37-33(34)35/h4-5,7-9,13-18,20,25,27-28,30,36,39H,2-3,6,10-12,19,21H2,1H3,(H,40,41)(H4,34,35,37)/q-1/b26-20+/t25-,27-,28-,30+/m0/s1. The summed E-state index contributed by atoms with van der Waals surface area (Å²) >= 11 is 0. The van der Waals surface area contributed by atoms with E-state index in [1.54, 1.807) is 6.20 Å². The minimum atomic E-state index is -1.06. The molecule has 0 bridgehead atoms. The van der Waals surface area contributed by atoms with Gasteiger partial charge in [0.05, 0.1) is 12.6 Å². The molecule has 218 valence electrons. The third-order valence-electron chi connectivity index (χ3n) is 7.89. The first-order chi connectivity index (χ1) is 19.8. The first-order valence-electron chi connectivity index (χ1n) is 14.6. The molecule has 0 radical (unpaired) electrons. The molecule has 0 spiro atoms. The number of allylic oxidation sites excluding steroid dienone is 1. The highest BCUT2D eigenvalue weighted by Gasteiger charge is 2.29. The molecule has 0 saturated heterocycles. The zero-order valence-electron chi connectivity index (χ0n) is 23.7. The molecule has 0 saturated carbocycles. The molecule has 1 aliphatic rings. The van der Waals surface area contributed by atoms with Crippen LogP contribution in [0.25, 0.3) is 22.2 Å². The summed E-state index contributed by atoms with van der Waals surface area (Å²) in [6.45, 7) is 2.19. The molecule has 8 heteroatoms. The number of carbonyl (C=O) groups is 1. The summed E-state index contributed by atoms with van der Waals surface area (Å²) in [6, 6.07) is 16.2. The monoisotopic (exact) mass is 556 g/mol. The van der Waals surface area contributed by atoms with Crippen LogP contribution in [0.15, 0.2) is 77.4 Å². The summed E-state index contributed by atoms with van der Waals surface area (Å²) in [5, 5.41) is 27.5. The average molecular weight is 557 g/mol. The normalized spacial score (nSPS) is 18.0. The smallest absolute Gasteiger partial charge is 0.328 e. The first kappa shape index (κ1) is 29.9. The van der Waals surface area contributed by atoms with Crippen molar-refractivity contribution in [3.05, 3.63) is 88.9 Å². The number of benzene rings is 2. The van der Waals surface area contributed by atoms with Crippen LogP contribution in [0.2, 0.25) is 0 Å². The van der Waals surface area contributed by atoms with E-state index in [-0.39, 0.29) is 30.4 Å². The number of guanidine groups is 1. The van der Waals surface area contributed by atoms with Crippen molar-refractivity contribution in [2.24, 2.45) is 22.4 Å². The van der Waals surface area contributed by atoms with Gasteiger partial charge in [-0.25, -0.2) is 9.79 Å². The van der Waals surface area contributed by atoms with Gasteiger partial charge in [-0.15, -0.1) is 0 Å². The summed E-state index contributed by atoms with van der Waals surface area (Å²) in [6.07, 6.45) is 13.2. The Morgan fingerprint density at radius 1 is 1.12 bits per heavy atom. The van der Waals surface area contributed by atoms with Crippen LogP contribution in [-0.2, 0) is 4.79 Å². The molecular formula is C33H42N5O3-. The highest BCUT2D eigenvalue weighted by molar-refractivity contribution is 5.87. The number of nitrogens with zero attached hydrogens (tertiary/aromatic N) is 2. The summed E-state index contributed by atoms with van der Waals surface area (Å²) in [5.41, 5.74) is 14.2. The Labute approximate surface area is 242 Å². The summed E-state index contributed by atoms with van der Waals surface area (Å²) in [5.74, 6) is -0.216. The zero-order chi connectivity index (χ0) is 29.2. The molecule has 4 atom stereocenters. The van der Waals surface area contributed by atoms with E-state index in [2.05, 4.69) is 65.5 Å². The number of aliphatic carboxylic acids is 1. The van der Waals surface area contributed by atoms with E-state index in [1.165, 1.54) is 28.0 Å². The third kappa shape index (κ3) is 8.47. The van der Waals surface area contributed by atoms with Gasteiger partial charge in [0.1, 0.15) is 0 Å². The van der Waals surface area contributed by atoms with Crippen molar-refractivity contribution < 1.29 is 15.0 Å². The number of aromatic amines is 1. The van der Waals surface area contributed by atoms with Crippen LogP contribution in [0.3, 0.4) is 0 Å². The lowest BCUT2D eigenvalue weighted by molar-refractivity contribution is -0.131. The largest absolute Gasteiger partial charge is 0.478 e. The molecule has 41 heavy (non-hydrogen) atoms. The van der Waals surface area contributed by atoms with Crippen molar-refractivity contribution in [3.63, 3.8) is 0 Å². The van der Waals surface area contributed by atoms with Gasteiger partial charge in [-0.3, -0.25) is 0 Å². The van der Waals surface area contributed by atoms with Gasteiger partial charge in [-0.1, -0.05) is 92.8 Å². The number of aromatic nitrogens is 1. The molecule has 3 aromatic rings. The van der Waals surface area contributed by atoms with E-state index in [0.717, 1.165) is 38.5 Å². The van der Waals surface area contributed by atoms with Crippen molar-refractivity contribution in [2.75, 3.05) is 6.54 Å². The number of fused-ring (bicyclic) bond motifs is 2. The number of nitrogens with one attached hydrogen (secondary N) is 1. The van der Waals surface area contributed by atoms with Gasteiger partial charge in [-0.05, 0) is 77.1 Å².